The number of rotatable bonds is 6. The molecule has 2 aromatic heterocycles. The molecule has 0 atom stereocenters. The van der Waals surface area contributed by atoms with Crippen LogP contribution in [0.15, 0.2) is 99.2 Å². The van der Waals surface area contributed by atoms with E-state index in [0.29, 0.717) is 33.7 Å². The van der Waals surface area contributed by atoms with Crippen molar-refractivity contribution in [1.82, 2.24) is 9.66 Å². The minimum absolute atomic E-state index is 0.0329. The van der Waals surface area contributed by atoms with Gasteiger partial charge in [-0.1, -0.05) is 48.5 Å². The Morgan fingerprint density at radius 3 is 2.50 bits per heavy atom. The molecule has 0 N–H and O–H groups in total. The second kappa shape index (κ2) is 9.52. The van der Waals surface area contributed by atoms with Crippen LogP contribution in [0, 0.1) is 0 Å². The summed E-state index contributed by atoms with van der Waals surface area (Å²) in [7, 11) is 1.61. The molecule has 0 saturated carbocycles. The van der Waals surface area contributed by atoms with E-state index in [9.17, 15) is 4.79 Å². The van der Waals surface area contributed by atoms with Crippen molar-refractivity contribution in [2.24, 2.45) is 5.10 Å². The van der Waals surface area contributed by atoms with Crippen LogP contribution in [-0.2, 0) is 0 Å². The number of hydrogen-bond acceptors (Lipinski definition) is 6. The minimum atomic E-state index is -0.305. The first-order valence-corrected chi connectivity index (χ1v) is 12.3. The summed E-state index contributed by atoms with van der Waals surface area (Å²) in [6, 6.07) is 26.5. The van der Waals surface area contributed by atoms with Crippen LogP contribution in [-0.4, -0.2) is 29.1 Å². The molecule has 0 unspecified atom stereocenters. The maximum absolute atomic E-state index is 13.7. The average Bonchev–Trinajstić information content (AvgIpc) is 3.37. The van der Waals surface area contributed by atoms with E-state index in [1.807, 2.05) is 86.6 Å². The number of para-hydroxylation sites is 1. The Morgan fingerprint density at radius 1 is 0.895 bits per heavy atom. The zero-order valence-electron chi connectivity index (χ0n) is 21.2. The van der Waals surface area contributed by atoms with Gasteiger partial charge in [0.15, 0.2) is 5.76 Å². The first-order valence-electron chi connectivity index (χ1n) is 12.3. The highest BCUT2D eigenvalue weighted by Crippen LogP contribution is 2.33. The maximum Gasteiger partial charge on any atom is 0.282 e. The maximum atomic E-state index is 13.7. The van der Waals surface area contributed by atoms with E-state index in [0.717, 1.165) is 21.7 Å². The second-order valence-electron chi connectivity index (χ2n) is 9.16. The number of ether oxygens (including phenoxy) is 2. The van der Waals surface area contributed by atoms with Crippen LogP contribution in [0.5, 0.6) is 11.5 Å². The molecule has 0 aliphatic heterocycles. The van der Waals surface area contributed by atoms with Gasteiger partial charge in [0, 0.05) is 5.56 Å². The van der Waals surface area contributed by atoms with Gasteiger partial charge in [0.2, 0.25) is 5.82 Å². The zero-order chi connectivity index (χ0) is 26.2. The summed E-state index contributed by atoms with van der Waals surface area (Å²) < 4.78 is 19.0. The molecular formula is C31H25N3O4. The summed E-state index contributed by atoms with van der Waals surface area (Å²) >= 11 is 0. The van der Waals surface area contributed by atoms with Crippen molar-refractivity contribution in [2.45, 2.75) is 20.0 Å². The molecule has 6 aromatic rings. The third-order valence-corrected chi connectivity index (χ3v) is 6.31. The molecule has 6 rings (SSSR count). The number of methoxy groups -OCH3 is 1. The summed E-state index contributed by atoms with van der Waals surface area (Å²) in [6.07, 6.45) is 1.62. The lowest BCUT2D eigenvalue weighted by molar-refractivity contribution is 0.242. The Morgan fingerprint density at radius 2 is 1.68 bits per heavy atom. The highest BCUT2D eigenvalue weighted by atomic mass is 16.5. The zero-order valence-corrected chi connectivity index (χ0v) is 21.2. The molecule has 0 aliphatic rings. The van der Waals surface area contributed by atoms with Gasteiger partial charge in [-0.2, -0.15) is 9.78 Å². The fourth-order valence-corrected chi connectivity index (χ4v) is 4.59. The molecule has 0 bridgehead atoms. The van der Waals surface area contributed by atoms with E-state index in [1.54, 1.807) is 25.5 Å². The Kier molecular flexibility index (Phi) is 5.88. The molecular weight excluding hydrogens is 478 g/mol. The Hall–Kier alpha value is -4.91. The Labute approximate surface area is 218 Å². The van der Waals surface area contributed by atoms with Crippen molar-refractivity contribution < 1.29 is 13.9 Å². The van der Waals surface area contributed by atoms with Gasteiger partial charge >= 0.3 is 0 Å². The molecule has 0 saturated heterocycles. The monoisotopic (exact) mass is 503 g/mol. The van der Waals surface area contributed by atoms with Crippen molar-refractivity contribution >= 4 is 38.9 Å². The van der Waals surface area contributed by atoms with Crippen LogP contribution in [0.2, 0.25) is 0 Å². The molecule has 0 aliphatic carbocycles. The summed E-state index contributed by atoms with van der Waals surface area (Å²) in [5, 5.41) is 7.92. The molecule has 0 radical (unpaired) electrons. The third-order valence-electron chi connectivity index (χ3n) is 6.31. The molecule has 188 valence electrons. The van der Waals surface area contributed by atoms with E-state index >= 15 is 0 Å². The van der Waals surface area contributed by atoms with Crippen LogP contribution in [0.1, 0.15) is 19.4 Å². The molecule has 0 spiro atoms. The smallest absolute Gasteiger partial charge is 0.282 e. The minimum Gasteiger partial charge on any atom is -0.496 e. The van der Waals surface area contributed by atoms with E-state index in [2.05, 4.69) is 5.10 Å². The first-order chi connectivity index (χ1) is 18.5. The van der Waals surface area contributed by atoms with Gasteiger partial charge in [-0.15, -0.1) is 0 Å². The summed E-state index contributed by atoms with van der Waals surface area (Å²) in [6.45, 7) is 3.95. The van der Waals surface area contributed by atoms with Crippen LogP contribution >= 0.6 is 0 Å². The fourth-order valence-electron chi connectivity index (χ4n) is 4.59. The van der Waals surface area contributed by atoms with E-state index < -0.39 is 0 Å². The topological polar surface area (TPSA) is 78.9 Å². The lowest BCUT2D eigenvalue weighted by Gasteiger charge is -2.14. The van der Waals surface area contributed by atoms with Gasteiger partial charge in [-0.3, -0.25) is 4.79 Å². The fraction of sp³-hybridized carbons (Fsp3) is 0.129. The molecule has 4 aromatic carbocycles. The summed E-state index contributed by atoms with van der Waals surface area (Å²) in [5.74, 6) is 2.04. The normalized spacial score (nSPS) is 11.8. The van der Waals surface area contributed by atoms with Crippen LogP contribution in [0.4, 0.5) is 0 Å². The van der Waals surface area contributed by atoms with Crippen molar-refractivity contribution in [2.75, 3.05) is 7.11 Å². The number of hydrogen-bond donors (Lipinski definition) is 0. The number of furan rings is 1. The molecule has 38 heavy (non-hydrogen) atoms. The predicted octanol–water partition coefficient (Wildman–Crippen LogP) is 6.64. The van der Waals surface area contributed by atoms with Gasteiger partial charge in [0.1, 0.15) is 17.1 Å². The summed E-state index contributed by atoms with van der Waals surface area (Å²) in [4.78, 5) is 18.5. The van der Waals surface area contributed by atoms with Crippen LogP contribution in [0.25, 0.3) is 44.2 Å². The standard InChI is InChI=1S/C31H25N3O4/c1-19(2)37-28-16-15-20-9-4-5-10-21(20)24(28)18-32-34-30(33-25-12-7-6-11-22(25)31(34)35)29-17-23-26(36-3)13-8-14-27(23)38-29/h4-19H,1-3H3. The van der Waals surface area contributed by atoms with E-state index in [-0.39, 0.29) is 17.5 Å². The Bertz CT molecular complexity index is 1900. The van der Waals surface area contributed by atoms with Crippen molar-refractivity contribution in [1.29, 1.82) is 0 Å². The molecule has 2 heterocycles. The quantitative estimate of drug-likeness (QED) is 0.238. The van der Waals surface area contributed by atoms with Crippen molar-refractivity contribution in [3.8, 4) is 23.1 Å². The number of fused-ring (bicyclic) bond motifs is 3. The van der Waals surface area contributed by atoms with Gasteiger partial charge in [-0.25, -0.2) is 4.98 Å². The van der Waals surface area contributed by atoms with Gasteiger partial charge in [0.05, 0.1) is 35.7 Å². The SMILES string of the molecule is COc1cccc2oc(-c3nc4ccccc4c(=O)n3N=Cc3c(OC(C)C)ccc4ccccc34)cc12. The second-order valence-corrected chi connectivity index (χ2v) is 9.16. The highest BCUT2D eigenvalue weighted by Gasteiger charge is 2.18. The van der Waals surface area contributed by atoms with Gasteiger partial charge < -0.3 is 13.9 Å². The van der Waals surface area contributed by atoms with E-state index in [4.69, 9.17) is 18.9 Å². The molecule has 7 heteroatoms. The summed E-state index contributed by atoms with van der Waals surface area (Å²) in [5.41, 5.74) is 1.65. The highest BCUT2D eigenvalue weighted by molar-refractivity contribution is 6.02. The third kappa shape index (κ3) is 4.08. The molecule has 7 nitrogen and oxygen atoms in total. The van der Waals surface area contributed by atoms with Crippen molar-refractivity contribution in [3.63, 3.8) is 0 Å². The Balaban J connectivity index is 1.60. The average molecular weight is 504 g/mol. The van der Waals surface area contributed by atoms with Crippen LogP contribution < -0.4 is 15.0 Å². The lowest BCUT2D eigenvalue weighted by atomic mass is 10.0. The predicted molar refractivity (Wildman–Crippen MR) is 150 cm³/mol. The lowest BCUT2D eigenvalue weighted by Crippen LogP contribution is -2.20. The molecule has 0 amide bonds. The van der Waals surface area contributed by atoms with Gasteiger partial charge in [0.25, 0.3) is 5.56 Å². The van der Waals surface area contributed by atoms with Crippen LogP contribution in [0.3, 0.4) is 0 Å². The molecule has 0 fully saturated rings. The number of benzene rings is 4. The van der Waals surface area contributed by atoms with Crippen molar-refractivity contribution in [3.05, 3.63) is 101 Å². The van der Waals surface area contributed by atoms with Gasteiger partial charge in [-0.05, 0) is 61.0 Å². The largest absolute Gasteiger partial charge is 0.496 e. The number of nitrogens with zero attached hydrogens (tertiary/aromatic N) is 3. The van der Waals surface area contributed by atoms with E-state index in [1.165, 1.54) is 4.68 Å². The first kappa shape index (κ1) is 23.5. The number of aromatic nitrogens is 2.